The highest BCUT2D eigenvalue weighted by molar-refractivity contribution is 6.40. The Labute approximate surface area is 237 Å². The van der Waals surface area contributed by atoms with Crippen LogP contribution in [0.1, 0.15) is 40.4 Å². The van der Waals surface area contributed by atoms with Gasteiger partial charge in [-0.1, -0.05) is 59.6 Å². The number of anilines is 1. The second-order valence-electron chi connectivity index (χ2n) is 9.32. The zero-order valence-electron chi connectivity index (χ0n) is 21.4. The summed E-state index contributed by atoms with van der Waals surface area (Å²) < 4.78 is 4.83. The van der Waals surface area contributed by atoms with Crippen LogP contribution in [0.4, 0.5) is 5.69 Å². The second-order valence-corrected chi connectivity index (χ2v) is 10.1. The Balaban J connectivity index is 1.37. The Bertz CT molecular complexity index is 1340. The van der Waals surface area contributed by atoms with Crippen LogP contribution in [0.5, 0.6) is 0 Å². The van der Waals surface area contributed by atoms with Crippen LogP contribution in [0, 0.1) is 0 Å². The van der Waals surface area contributed by atoms with Crippen LogP contribution in [-0.4, -0.2) is 44.0 Å². The minimum absolute atomic E-state index is 0.00208. The number of halogens is 2. The lowest BCUT2D eigenvalue weighted by Crippen LogP contribution is -2.50. The highest BCUT2D eigenvalue weighted by atomic mass is 35.5. The summed E-state index contributed by atoms with van der Waals surface area (Å²) >= 11 is 12.8. The molecule has 2 atom stereocenters. The molecule has 3 aromatic rings. The fourth-order valence-corrected chi connectivity index (χ4v) is 5.34. The van der Waals surface area contributed by atoms with E-state index in [1.165, 1.54) is 12.7 Å². The maximum atomic E-state index is 13.1. The summed E-state index contributed by atoms with van der Waals surface area (Å²) in [6, 6.07) is 17.4. The number of carbonyl (C=O) groups is 3. The Morgan fingerprint density at radius 1 is 1.03 bits per heavy atom. The third kappa shape index (κ3) is 7.09. The number of nitrogen functional groups attached to an aromatic ring is 1. The molecular weight excluding hydrogens is 539 g/mol. The van der Waals surface area contributed by atoms with E-state index in [1.54, 1.807) is 12.1 Å². The van der Waals surface area contributed by atoms with E-state index in [0.717, 1.165) is 36.0 Å². The lowest BCUT2D eigenvalue weighted by Gasteiger charge is -2.27. The summed E-state index contributed by atoms with van der Waals surface area (Å²) in [5.74, 6) is -1.72. The number of carbonyl (C=O) groups excluding carboxylic acids is 3. The van der Waals surface area contributed by atoms with E-state index >= 15 is 0 Å². The molecule has 0 saturated carbocycles. The molecule has 0 heterocycles. The van der Waals surface area contributed by atoms with E-state index in [4.69, 9.17) is 33.7 Å². The minimum Gasteiger partial charge on any atom is -0.467 e. The molecule has 0 radical (unpaired) electrons. The van der Waals surface area contributed by atoms with Gasteiger partial charge in [-0.3, -0.25) is 9.59 Å². The standard InChI is InChI=1S/C29H30Cl2N4O4/c1-39-29(38)25(15-34-26(36)16-33-24-9-5-8-18-10-11-20(32)14-21(18)24)35-28(37)27-22(30)12-19(13-23(27)31)17-6-3-2-4-7-17/h2-4,6-7,10-14,24-25,33H,5,8-9,15-16,32H2,1H3,(H,34,36)(H,35,37). The van der Waals surface area contributed by atoms with Gasteiger partial charge in [0.15, 0.2) is 0 Å². The molecule has 0 aromatic heterocycles. The quantitative estimate of drug-likeness (QED) is 0.225. The molecule has 8 nitrogen and oxygen atoms in total. The Kier molecular flexibility index (Phi) is 9.45. The molecule has 2 unspecified atom stereocenters. The van der Waals surface area contributed by atoms with Gasteiger partial charge in [0.1, 0.15) is 6.04 Å². The molecule has 0 saturated heterocycles. The molecule has 39 heavy (non-hydrogen) atoms. The van der Waals surface area contributed by atoms with E-state index in [1.807, 2.05) is 48.5 Å². The van der Waals surface area contributed by atoms with Crippen LogP contribution < -0.4 is 21.7 Å². The average Bonchev–Trinajstić information content (AvgIpc) is 2.93. The van der Waals surface area contributed by atoms with Crippen LogP contribution in [0.2, 0.25) is 10.0 Å². The SMILES string of the molecule is COC(=O)C(CNC(=O)CNC1CCCc2ccc(N)cc21)NC(=O)c1c(Cl)cc(-c2ccccc2)cc1Cl. The van der Waals surface area contributed by atoms with E-state index in [2.05, 4.69) is 16.0 Å². The van der Waals surface area contributed by atoms with Crippen LogP contribution in [0.15, 0.2) is 60.7 Å². The van der Waals surface area contributed by atoms with Crippen molar-refractivity contribution in [3.05, 3.63) is 87.4 Å². The maximum Gasteiger partial charge on any atom is 0.330 e. The highest BCUT2D eigenvalue weighted by Gasteiger charge is 2.26. The average molecular weight is 569 g/mol. The molecule has 0 bridgehead atoms. The van der Waals surface area contributed by atoms with Gasteiger partial charge in [0, 0.05) is 18.3 Å². The molecule has 2 amide bonds. The van der Waals surface area contributed by atoms with E-state index < -0.39 is 17.9 Å². The number of ether oxygens (including phenoxy) is 1. The summed E-state index contributed by atoms with van der Waals surface area (Å²) in [6.07, 6.45) is 2.86. The predicted octanol–water partition coefficient (Wildman–Crippen LogP) is 4.30. The van der Waals surface area contributed by atoms with Crippen molar-refractivity contribution < 1.29 is 19.1 Å². The van der Waals surface area contributed by atoms with E-state index in [0.29, 0.717) is 5.69 Å². The number of hydrogen-bond acceptors (Lipinski definition) is 6. The smallest absolute Gasteiger partial charge is 0.330 e. The number of aryl methyl sites for hydroxylation is 1. The zero-order valence-corrected chi connectivity index (χ0v) is 22.9. The minimum atomic E-state index is -1.15. The van der Waals surface area contributed by atoms with Crippen molar-refractivity contribution >= 4 is 46.7 Å². The monoisotopic (exact) mass is 568 g/mol. The molecule has 0 fully saturated rings. The first-order valence-corrected chi connectivity index (χ1v) is 13.3. The molecule has 5 N–H and O–H groups in total. The second kappa shape index (κ2) is 13.0. The van der Waals surface area contributed by atoms with Crippen LogP contribution >= 0.6 is 23.2 Å². The van der Waals surface area contributed by atoms with Crippen molar-refractivity contribution in [1.82, 2.24) is 16.0 Å². The van der Waals surface area contributed by atoms with Crippen LogP contribution in [-0.2, 0) is 20.7 Å². The Morgan fingerprint density at radius 3 is 2.44 bits per heavy atom. The number of benzene rings is 3. The summed E-state index contributed by atoms with van der Waals surface area (Å²) in [4.78, 5) is 38.1. The fourth-order valence-electron chi connectivity index (χ4n) is 4.68. The van der Waals surface area contributed by atoms with Gasteiger partial charge < -0.3 is 26.4 Å². The first-order chi connectivity index (χ1) is 18.8. The molecule has 4 rings (SSSR count). The molecule has 0 spiro atoms. The summed E-state index contributed by atoms with van der Waals surface area (Å²) in [7, 11) is 1.20. The number of nitrogens with one attached hydrogen (secondary N) is 3. The highest BCUT2D eigenvalue weighted by Crippen LogP contribution is 2.32. The summed E-state index contributed by atoms with van der Waals surface area (Å²) in [5.41, 5.74) is 10.6. The summed E-state index contributed by atoms with van der Waals surface area (Å²) in [5, 5.41) is 8.78. The number of amides is 2. The Morgan fingerprint density at radius 2 is 1.74 bits per heavy atom. The number of nitrogens with two attached hydrogens (primary N) is 1. The first kappa shape index (κ1) is 28.4. The molecule has 0 aliphatic heterocycles. The van der Waals surface area contributed by atoms with Crippen molar-refractivity contribution in [3.63, 3.8) is 0 Å². The van der Waals surface area contributed by atoms with Gasteiger partial charge in [-0.2, -0.15) is 0 Å². The van der Waals surface area contributed by atoms with Gasteiger partial charge in [-0.15, -0.1) is 0 Å². The number of rotatable bonds is 9. The van der Waals surface area contributed by atoms with Gasteiger partial charge in [-0.05, 0) is 65.8 Å². The van der Waals surface area contributed by atoms with E-state index in [-0.39, 0.29) is 40.6 Å². The Hall–Kier alpha value is -3.59. The molecule has 3 aromatic carbocycles. The van der Waals surface area contributed by atoms with Crippen LogP contribution in [0.3, 0.4) is 0 Å². The fraction of sp³-hybridized carbons (Fsp3) is 0.276. The van der Waals surface area contributed by atoms with Gasteiger partial charge >= 0.3 is 5.97 Å². The number of fused-ring (bicyclic) bond motifs is 1. The van der Waals surface area contributed by atoms with Crippen LogP contribution in [0.25, 0.3) is 11.1 Å². The third-order valence-electron chi connectivity index (χ3n) is 6.66. The van der Waals surface area contributed by atoms with Gasteiger partial charge in [-0.25, -0.2) is 4.79 Å². The van der Waals surface area contributed by atoms with Gasteiger partial charge in [0.25, 0.3) is 5.91 Å². The van der Waals surface area contributed by atoms with Crippen molar-refractivity contribution in [1.29, 1.82) is 0 Å². The molecule has 204 valence electrons. The van der Waals surface area contributed by atoms with Gasteiger partial charge in [0.05, 0.1) is 29.3 Å². The molecule has 10 heteroatoms. The van der Waals surface area contributed by atoms with E-state index in [9.17, 15) is 14.4 Å². The lowest BCUT2D eigenvalue weighted by molar-refractivity contribution is -0.142. The maximum absolute atomic E-state index is 13.1. The summed E-state index contributed by atoms with van der Waals surface area (Å²) in [6.45, 7) is -0.149. The molecular formula is C29H30Cl2N4O4. The molecule has 1 aliphatic rings. The van der Waals surface area contributed by atoms with Crippen molar-refractivity contribution in [2.75, 3.05) is 25.9 Å². The number of esters is 1. The zero-order chi connectivity index (χ0) is 27.9. The molecule has 1 aliphatic carbocycles. The largest absolute Gasteiger partial charge is 0.467 e. The van der Waals surface area contributed by atoms with Crippen molar-refractivity contribution in [2.24, 2.45) is 0 Å². The topological polar surface area (TPSA) is 123 Å². The predicted molar refractivity (Wildman–Crippen MR) is 153 cm³/mol. The van der Waals surface area contributed by atoms with Crippen molar-refractivity contribution in [3.8, 4) is 11.1 Å². The lowest BCUT2D eigenvalue weighted by atomic mass is 9.87. The van der Waals surface area contributed by atoms with Gasteiger partial charge in [0.2, 0.25) is 5.91 Å². The number of methoxy groups -OCH3 is 1. The first-order valence-electron chi connectivity index (χ1n) is 12.6. The normalized spacial score (nSPS) is 15.1. The number of hydrogen-bond donors (Lipinski definition) is 4. The third-order valence-corrected chi connectivity index (χ3v) is 7.26. The van der Waals surface area contributed by atoms with Crippen molar-refractivity contribution in [2.45, 2.75) is 31.3 Å².